The first-order chi connectivity index (χ1) is 7.71. The van der Waals surface area contributed by atoms with Crippen LogP contribution in [-0.2, 0) is 21.4 Å². The van der Waals surface area contributed by atoms with E-state index in [0.29, 0.717) is 0 Å². The zero-order chi connectivity index (χ0) is 13.2. The Hall–Kier alpha value is -1.04. The largest absolute Gasteiger partial charge is 0.364 e. The van der Waals surface area contributed by atoms with E-state index in [1.165, 1.54) is 0 Å². The average Bonchev–Trinajstić information content (AvgIpc) is 2.15. The fourth-order valence-electron chi connectivity index (χ4n) is 1.10. The lowest BCUT2D eigenvalue weighted by molar-refractivity contribution is -0.0420. The summed E-state index contributed by atoms with van der Waals surface area (Å²) in [6.45, 7) is 0. The summed E-state index contributed by atoms with van der Waals surface area (Å²) in [5.74, 6) is 0. The number of rotatable bonds is 4. The second kappa shape index (κ2) is 5.08. The molecule has 0 aliphatic rings. The smallest absolute Gasteiger partial charge is 0.294 e. The van der Waals surface area contributed by atoms with Gasteiger partial charge in [-0.25, -0.2) is 4.21 Å². The van der Waals surface area contributed by atoms with Crippen LogP contribution in [-0.4, -0.2) is 31.9 Å². The monoisotopic (exact) mass is 283 g/mol. The lowest BCUT2D eigenvalue weighted by Crippen LogP contribution is -2.09. The van der Waals surface area contributed by atoms with Gasteiger partial charge in [-0.2, -0.15) is 8.42 Å². The Morgan fingerprint density at radius 1 is 1.29 bits per heavy atom. The van der Waals surface area contributed by atoms with Crippen molar-refractivity contribution in [2.24, 2.45) is 0 Å². The zero-order valence-electron chi connectivity index (χ0n) is 8.14. The molecule has 96 valence electrons. The van der Waals surface area contributed by atoms with E-state index in [9.17, 15) is 12.6 Å². The molecule has 0 radical (unpaired) electrons. The van der Waals surface area contributed by atoms with E-state index >= 15 is 0 Å². The molecule has 0 amide bonds. The summed E-state index contributed by atoms with van der Waals surface area (Å²) in [6.07, 6.45) is -2.07. The normalized spacial score (nSPS) is 13.7. The number of anilines is 1. The lowest BCUT2D eigenvalue weighted by Gasteiger charge is -2.11. The second-order valence-corrected chi connectivity index (χ2v) is 5.07. The molecule has 0 saturated carbocycles. The van der Waals surface area contributed by atoms with Crippen LogP contribution in [0.3, 0.4) is 0 Å². The summed E-state index contributed by atoms with van der Waals surface area (Å²) in [7, 11) is -4.49. The number of benzene rings is 1. The van der Waals surface area contributed by atoms with Crippen molar-refractivity contribution in [3.63, 3.8) is 0 Å². The number of hydrogen-bond acceptors (Lipinski definition) is 5. The van der Waals surface area contributed by atoms with Crippen LogP contribution in [0.4, 0.5) is 5.69 Å². The van der Waals surface area contributed by atoms with Crippen molar-refractivity contribution in [2.75, 3.05) is 4.72 Å². The molecule has 1 rings (SSSR count). The first kappa shape index (κ1) is 14.0. The van der Waals surface area contributed by atoms with E-state index in [-0.39, 0.29) is 11.3 Å². The molecule has 10 heteroatoms. The van der Waals surface area contributed by atoms with Gasteiger partial charge in [0.15, 0.2) is 6.29 Å². The minimum Gasteiger partial charge on any atom is -0.364 e. The molecule has 0 saturated heterocycles. The third-order valence-electron chi connectivity index (χ3n) is 1.80. The third-order valence-corrected chi connectivity index (χ3v) is 3.04. The number of nitrogens with one attached hydrogen (secondary N) is 1. The van der Waals surface area contributed by atoms with Crippen molar-refractivity contribution in [1.82, 2.24) is 0 Å². The van der Waals surface area contributed by atoms with E-state index in [2.05, 4.69) is 0 Å². The van der Waals surface area contributed by atoms with Crippen LogP contribution >= 0.6 is 0 Å². The molecule has 1 aromatic carbocycles. The SMILES string of the molecule is O=S(O)Nc1ccc(S(=O)(=O)O)cc1C(O)O. The Bertz CT molecular complexity index is 539. The molecule has 1 aromatic rings. The Morgan fingerprint density at radius 2 is 1.88 bits per heavy atom. The molecule has 0 aliphatic heterocycles. The standard InChI is InChI=1S/C7H9NO7S2/c9-7(10)5-3-4(17(13,14)15)1-2-6(5)8-16(11)12/h1-3,7-10H,(H,11,12)(H,13,14,15). The predicted octanol–water partition coefficient (Wildman–Crippen LogP) is -0.535. The average molecular weight is 283 g/mol. The van der Waals surface area contributed by atoms with Crippen molar-refractivity contribution < 1.29 is 31.9 Å². The molecule has 1 atom stereocenters. The maximum absolute atomic E-state index is 10.8. The summed E-state index contributed by atoms with van der Waals surface area (Å²) in [6, 6.07) is 2.73. The van der Waals surface area contributed by atoms with Crippen molar-refractivity contribution in [3.05, 3.63) is 23.8 Å². The number of aliphatic hydroxyl groups excluding tert-OH is 1. The number of hydrogen-bond donors (Lipinski definition) is 5. The van der Waals surface area contributed by atoms with Crippen LogP contribution in [0, 0.1) is 0 Å². The van der Waals surface area contributed by atoms with Gasteiger partial charge in [-0.05, 0) is 18.2 Å². The first-order valence-electron chi connectivity index (χ1n) is 4.07. The quantitative estimate of drug-likeness (QED) is 0.283. The summed E-state index contributed by atoms with van der Waals surface area (Å²) in [5, 5.41) is 17.9. The van der Waals surface area contributed by atoms with Crippen LogP contribution in [0.25, 0.3) is 0 Å². The summed E-state index contributed by atoms with van der Waals surface area (Å²) < 4.78 is 51.4. The van der Waals surface area contributed by atoms with Crippen molar-refractivity contribution in [1.29, 1.82) is 0 Å². The van der Waals surface area contributed by atoms with Gasteiger partial charge >= 0.3 is 0 Å². The molecule has 1 unspecified atom stereocenters. The Kier molecular flexibility index (Phi) is 4.19. The fourth-order valence-corrected chi connectivity index (χ4v) is 1.99. The Balaban J connectivity index is 3.32. The summed E-state index contributed by atoms with van der Waals surface area (Å²) in [5.41, 5.74) is -0.504. The van der Waals surface area contributed by atoms with Crippen LogP contribution in [0.5, 0.6) is 0 Å². The molecule has 0 fully saturated rings. The molecule has 0 aliphatic carbocycles. The molecular formula is C7H9NO7S2. The van der Waals surface area contributed by atoms with Gasteiger partial charge in [0.25, 0.3) is 21.4 Å². The highest BCUT2D eigenvalue weighted by Crippen LogP contribution is 2.25. The maximum atomic E-state index is 10.8. The Labute approximate surface area is 99.1 Å². The molecule has 0 bridgehead atoms. The van der Waals surface area contributed by atoms with Gasteiger partial charge in [0, 0.05) is 5.56 Å². The van der Waals surface area contributed by atoms with Gasteiger partial charge in [0.2, 0.25) is 0 Å². The van der Waals surface area contributed by atoms with Crippen LogP contribution in [0.1, 0.15) is 11.9 Å². The molecule has 0 spiro atoms. The minimum absolute atomic E-state index is 0.145. The molecule has 0 aromatic heterocycles. The molecule has 5 N–H and O–H groups in total. The second-order valence-electron chi connectivity index (χ2n) is 2.95. The van der Waals surface area contributed by atoms with Crippen molar-refractivity contribution >= 4 is 27.1 Å². The highest BCUT2D eigenvalue weighted by Gasteiger charge is 2.17. The van der Waals surface area contributed by atoms with Gasteiger partial charge in [-0.3, -0.25) is 13.8 Å². The highest BCUT2D eigenvalue weighted by molar-refractivity contribution is 7.85. The molecule has 17 heavy (non-hydrogen) atoms. The summed E-state index contributed by atoms with van der Waals surface area (Å²) in [4.78, 5) is -0.560. The van der Waals surface area contributed by atoms with E-state index in [0.717, 1.165) is 18.2 Å². The van der Waals surface area contributed by atoms with Gasteiger partial charge < -0.3 is 10.2 Å². The minimum atomic E-state index is -4.49. The number of aliphatic hydroxyl groups is 2. The van der Waals surface area contributed by atoms with Gasteiger partial charge in [0.05, 0.1) is 10.6 Å². The highest BCUT2D eigenvalue weighted by atomic mass is 32.2. The van der Waals surface area contributed by atoms with Crippen molar-refractivity contribution in [2.45, 2.75) is 11.2 Å². The predicted molar refractivity (Wildman–Crippen MR) is 57.8 cm³/mol. The fraction of sp³-hybridized carbons (Fsp3) is 0.143. The van der Waals surface area contributed by atoms with E-state index < -0.39 is 32.6 Å². The lowest BCUT2D eigenvalue weighted by atomic mass is 10.2. The van der Waals surface area contributed by atoms with Gasteiger partial charge in [-0.1, -0.05) is 0 Å². The maximum Gasteiger partial charge on any atom is 0.294 e. The topological polar surface area (TPSA) is 144 Å². The van der Waals surface area contributed by atoms with Gasteiger partial charge in [0.1, 0.15) is 0 Å². The Morgan fingerprint density at radius 3 is 2.29 bits per heavy atom. The summed E-state index contributed by atoms with van der Waals surface area (Å²) >= 11 is -2.46. The molecule has 0 heterocycles. The first-order valence-corrected chi connectivity index (χ1v) is 6.61. The van der Waals surface area contributed by atoms with Crippen LogP contribution in [0.2, 0.25) is 0 Å². The molecule has 8 nitrogen and oxygen atoms in total. The van der Waals surface area contributed by atoms with Crippen LogP contribution < -0.4 is 4.72 Å². The third kappa shape index (κ3) is 3.73. The zero-order valence-corrected chi connectivity index (χ0v) is 9.77. The van der Waals surface area contributed by atoms with E-state index in [1.807, 2.05) is 4.72 Å². The van der Waals surface area contributed by atoms with Crippen LogP contribution in [0.15, 0.2) is 23.1 Å². The van der Waals surface area contributed by atoms with Crippen molar-refractivity contribution in [3.8, 4) is 0 Å². The molecular weight excluding hydrogens is 274 g/mol. The van der Waals surface area contributed by atoms with E-state index in [4.69, 9.17) is 19.3 Å². The van der Waals surface area contributed by atoms with E-state index in [1.54, 1.807) is 0 Å². The van der Waals surface area contributed by atoms with Gasteiger partial charge in [-0.15, -0.1) is 0 Å².